The molecule has 0 fully saturated rings. The first kappa shape index (κ1) is 13.5. The van der Waals surface area contributed by atoms with Gasteiger partial charge in [0, 0.05) is 17.3 Å². The van der Waals surface area contributed by atoms with E-state index in [4.69, 9.17) is 10.5 Å². The number of nitrogens with zero attached hydrogens (tertiary/aromatic N) is 2. The molecule has 1 heterocycles. The maximum absolute atomic E-state index is 5.80. The van der Waals surface area contributed by atoms with Crippen LogP contribution in [-0.2, 0) is 6.54 Å². The molecule has 0 aliphatic heterocycles. The summed E-state index contributed by atoms with van der Waals surface area (Å²) in [5.41, 5.74) is 12.3. The van der Waals surface area contributed by atoms with Crippen molar-refractivity contribution in [3.05, 3.63) is 53.3 Å². The Morgan fingerprint density at radius 2 is 1.90 bits per heavy atom. The summed E-state index contributed by atoms with van der Waals surface area (Å²) in [4.78, 5) is 4.49. The first-order chi connectivity index (χ1) is 10.1. The Bertz CT molecular complexity index is 805. The number of anilines is 1. The lowest BCUT2D eigenvalue weighted by Crippen LogP contribution is -2.01. The van der Waals surface area contributed by atoms with Crippen LogP contribution in [0.5, 0.6) is 5.75 Å². The molecular formula is C17H19N3O. The van der Waals surface area contributed by atoms with E-state index in [0.29, 0.717) is 12.2 Å². The van der Waals surface area contributed by atoms with E-state index >= 15 is 0 Å². The number of fused-ring (bicyclic) bond motifs is 1. The number of hydrogen-bond donors (Lipinski definition) is 1. The van der Waals surface area contributed by atoms with Crippen molar-refractivity contribution < 1.29 is 4.74 Å². The molecule has 0 aliphatic rings. The van der Waals surface area contributed by atoms with Crippen molar-refractivity contribution >= 4 is 16.7 Å². The van der Waals surface area contributed by atoms with Gasteiger partial charge < -0.3 is 15.0 Å². The fraction of sp³-hybridized carbons (Fsp3) is 0.235. The second-order valence-corrected chi connectivity index (χ2v) is 5.37. The molecule has 3 rings (SSSR count). The first-order valence-electron chi connectivity index (χ1n) is 6.93. The Balaban J connectivity index is 2.04. The zero-order chi connectivity index (χ0) is 15.0. The zero-order valence-electron chi connectivity index (χ0n) is 12.6. The minimum Gasteiger partial charge on any atom is -0.496 e. The molecule has 0 saturated carbocycles. The lowest BCUT2D eigenvalue weighted by atomic mass is 10.1. The van der Waals surface area contributed by atoms with Gasteiger partial charge in [0.05, 0.1) is 31.0 Å². The van der Waals surface area contributed by atoms with Gasteiger partial charge in [-0.1, -0.05) is 6.07 Å². The molecule has 0 unspecified atom stereocenters. The average Bonchev–Trinajstić information content (AvgIpc) is 2.83. The van der Waals surface area contributed by atoms with Crippen molar-refractivity contribution in [3.8, 4) is 5.75 Å². The fourth-order valence-electron chi connectivity index (χ4n) is 2.51. The van der Waals surface area contributed by atoms with Gasteiger partial charge in [-0.25, -0.2) is 4.98 Å². The molecule has 0 amide bonds. The molecule has 4 nitrogen and oxygen atoms in total. The summed E-state index contributed by atoms with van der Waals surface area (Å²) in [7, 11) is 1.66. The maximum Gasteiger partial charge on any atom is 0.125 e. The molecule has 0 saturated heterocycles. The van der Waals surface area contributed by atoms with E-state index in [1.807, 2.05) is 24.5 Å². The minimum atomic E-state index is 0.706. The number of benzene rings is 2. The highest BCUT2D eigenvalue weighted by atomic mass is 16.5. The van der Waals surface area contributed by atoms with Gasteiger partial charge in [0.1, 0.15) is 5.75 Å². The summed E-state index contributed by atoms with van der Waals surface area (Å²) in [5, 5.41) is 0. The number of nitrogen functional groups attached to an aromatic ring is 1. The Kier molecular flexibility index (Phi) is 3.29. The second kappa shape index (κ2) is 5.13. The third kappa shape index (κ3) is 2.44. The van der Waals surface area contributed by atoms with Gasteiger partial charge >= 0.3 is 0 Å². The van der Waals surface area contributed by atoms with E-state index in [2.05, 4.69) is 35.5 Å². The third-order valence-electron chi connectivity index (χ3n) is 3.89. The van der Waals surface area contributed by atoms with Crippen LogP contribution in [0, 0.1) is 13.8 Å². The smallest absolute Gasteiger partial charge is 0.125 e. The molecule has 4 heteroatoms. The molecule has 2 N–H and O–H groups in total. The number of ether oxygens (including phenoxy) is 1. The normalized spacial score (nSPS) is 11.0. The third-order valence-corrected chi connectivity index (χ3v) is 3.89. The van der Waals surface area contributed by atoms with Crippen LogP contribution in [0.15, 0.2) is 36.7 Å². The van der Waals surface area contributed by atoms with E-state index in [1.165, 1.54) is 11.1 Å². The number of hydrogen-bond acceptors (Lipinski definition) is 3. The highest BCUT2D eigenvalue weighted by Gasteiger charge is 2.09. The molecule has 3 aromatic rings. The Morgan fingerprint density at radius 1 is 1.14 bits per heavy atom. The van der Waals surface area contributed by atoms with E-state index < -0.39 is 0 Å². The van der Waals surface area contributed by atoms with Gasteiger partial charge in [0.2, 0.25) is 0 Å². The summed E-state index contributed by atoms with van der Waals surface area (Å²) in [6.07, 6.45) is 1.87. The first-order valence-corrected chi connectivity index (χ1v) is 6.93. The highest BCUT2D eigenvalue weighted by molar-refractivity contribution is 5.77. The second-order valence-electron chi connectivity index (χ2n) is 5.37. The predicted molar refractivity (Wildman–Crippen MR) is 85.7 cm³/mol. The Morgan fingerprint density at radius 3 is 2.67 bits per heavy atom. The molecule has 108 valence electrons. The van der Waals surface area contributed by atoms with Crippen LogP contribution < -0.4 is 10.5 Å². The maximum atomic E-state index is 5.80. The molecule has 2 aromatic carbocycles. The molecule has 0 atom stereocenters. The number of methoxy groups -OCH3 is 1. The topological polar surface area (TPSA) is 53.1 Å². The number of nitrogens with two attached hydrogens (primary N) is 1. The summed E-state index contributed by atoms with van der Waals surface area (Å²) < 4.78 is 7.55. The Hall–Kier alpha value is -2.49. The van der Waals surface area contributed by atoms with Crippen molar-refractivity contribution in [2.75, 3.05) is 12.8 Å². The SMILES string of the molecule is COc1cc(N)ccc1Cn1cnc2cc(C)c(C)cc21. The van der Waals surface area contributed by atoms with E-state index in [0.717, 1.165) is 22.3 Å². The average molecular weight is 281 g/mol. The summed E-state index contributed by atoms with van der Waals surface area (Å²) in [6, 6.07) is 10.1. The van der Waals surface area contributed by atoms with Crippen LogP contribution in [0.4, 0.5) is 5.69 Å². The predicted octanol–water partition coefficient (Wildman–Crippen LogP) is 3.29. The van der Waals surface area contributed by atoms with Crippen LogP contribution in [0.25, 0.3) is 11.0 Å². The number of aryl methyl sites for hydroxylation is 2. The quantitative estimate of drug-likeness (QED) is 0.749. The number of aromatic nitrogens is 2. The summed E-state index contributed by atoms with van der Waals surface area (Å²) in [6.45, 7) is 4.94. The minimum absolute atomic E-state index is 0.706. The number of imidazole rings is 1. The largest absolute Gasteiger partial charge is 0.496 e. The summed E-state index contributed by atoms with van der Waals surface area (Å²) in [5.74, 6) is 0.806. The fourth-order valence-corrected chi connectivity index (χ4v) is 2.51. The van der Waals surface area contributed by atoms with Crippen molar-refractivity contribution in [2.45, 2.75) is 20.4 Å². The van der Waals surface area contributed by atoms with Gasteiger partial charge in [-0.15, -0.1) is 0 Å². The van der Waals surface area contributed by atoms with Crippen LogP contribution in [0.2, 0.25) is 0 Å². The standard InChI is InChI=1S/C17H19N3O/c1-11-6-15-16(7-12(11)2)20(10-19-15)9-13-4-5-14(18)8-17(13)21-3/h4-8,10H,9,18H2,1-3H3. The molecule has 0 radical (unpaired) electrons. The monoisotopic (exact) mass is 281 g/mol. The lowest BCUT2D eigenvalue weighted by Gasteiger charge is -2.11. The van der Waals surface area contributed by atoms with Gasteiger partial charge in [-0.05, 0) is 43.2 Å². The van der Waals surface area contributed by atoms with E-state index in [1.54, 1.807) is 7.11 Å². The molecule has 1 aromatic heterocycles. The lowest BCUT2D eigenvalue weighted by molar-refractivity contribution is 0.409. The van der Waals surface area contributed by atoms with Gasteiger partial charge in [0.15, 0.2) is 0 Å². The van der Waals surface area contributed by atoms with Crippen LogP contribution in [-0.4, -0.2) is 16.7 Å². The molecule has 0 bridgehead atoms. The van der Waals surface area contributed by atoms with E-state index in [-0.39, 0.29) is 0 Å². The molecule has 0 aliphatic carbocycles. The van der Waals surface area contributed by atoms with Crippen molar-refractivity contribution in [1.82, 2.24) is 9.55 Å². The van der Waals surface area contributed by atoms with Gasteiger partial charge in [-0.2, -0.15) is 0 Å². The van der Waals surface area contributed by atoms with Gasteiger partial charge in [-0.3, -0.25) is 0 Å². The highest BCUT2D eigenvalue weighted by Crippen LogP contribution is 2.25. The zero-order valence-corrected chi connectivity index (χ0v) is 12.6. The molecule has 0 spiro atoms. The Labute approximate surface area is 124 Å². The van der Waals surface area contributed by atoms with E-state index in [9.17, 15) is 0 Å². The van der Waals surface area contributed by atoms with Gasteiger partial charge in [0.25, 0.3) is 0 Å². The van der Waals surface area contributed by atoms with Crippen molar-refractivity contribution in [2.24, 2.45) is 0 Å². The van der Waals surface area contributed by atoms with Crippen LogP contribution in [0.1, 0.15) is 16.7 Å². The number of rotatable bonds is 3. The van der Waals surface area contributed by atoms with Crippen molar-refractivity contribution in [1.29, 1.82) is 0 Å². The summed E-state index contributed by atoms with van der Waals surface area (Å²) >= 11 is 0. The van der Waals surface area contributed by atoms with Crippen LogP contribution in [0.3, 0.4) is 0 Å². The van der Waals surface area contributed by atoms with Crippen LogP contribution >= 0.6 is 0 Å². The molecular weight excluding hydrogens is 262 g/mol. The van der Waals surface area contributed by atoms with Crippen molar-refractivity contribution in [3.63, 3.8) is 0 Å². The molecule has 21 heavy (non-hydrogen) atoms.